The normalized spacial score (nSPS) is 17.8. The molecule has 0 aromatic carbocycles. The maximum atomic E-state index is 12.6. The fourth-order valence-electron chi connectivity index (χ4n) is 4.37. The van der Waals surface area contributed by atoms with Gasteiger partial charge in [-0.05, 0) is 36.5 Å². The topological polar surface area (TPSA) is 124 Å². The highest BCUT2D eigenvalue weighted by Gasteiger charge is 2.22. The van der Waals surface area contributed by atoms with Crippen molar-refractivity contribution in [1.29, 1.82) is 0 Å². The molecule has 1 atom stereocenters. The number of amides is 2. The summed E-state index contributed by atoms with van der Waals surface area (Å²) in [5, 5.41) is 16.5. The molecule has 2 amide bonds. The second kappa shape index (κ2) is 10.7. The molecule has 10 heteroatoms. The van der Waals surface area contributed by atoms with Crippen LogP contribution in [0, 0.1) is 0 Å². The van der Waals surface area contributed by atoms with Crippen molar-refractivity contribution in [3.8, 4) is 0 Å². The number of hydrogen-bond acceptors (Lipinski definition) is 8. The number of aromatic nitrogens is 3. The van der Waals surface area contributed by atoms with Crippen molar-refractivity contribution in [2.75, 3.05) is 38.0 Å². The Balaban J connectivity index is 1.23. The van der Waals surface area contributed by atoms with Crippen molar-refractivity contribution >= 4 is 17.6 Å². The van der Waals surface area contributed by atoms with Gasteiger partial charge in [0.2, 0.25) is 5.91 Å². The van der Waals surface area contributed by atoms with Crippen LogP contribution in [0.1, 0.15) is 41.4 Å². The van der Waals surface area contributed by atoms with Gasteiger partial charge in [-0.3, -0.25) is 19.5 Å². The van der Waals surface area contributed by atoms with Gasteiger partial charge in [-0.15, -0.1) is 0 Å². The van der Waals surface area contributed by atoms with Gasteiger partial charge >= 0.3 is 0 Å². The maximum Gasteiger partial charge on any atom is 0.270 e. The highest BCUT2D eigenvalue weighted by molar-refractivity contribution is 5.92. The molecular weight excluding hydrogens is 422 g/mol. The number of hydrogen-bond donors (Lipinski definition) is 3. The van der Waals surface area contributed by atoms with Crippen LogP contribution in [0.25, 0.3) is 0 Å². The van der Waals surface area contributed by atoms with Crippen molar-refractivity contribution in [3.05, 3.63) is 47.7 Å². The third-order valence-corrected chi connectivity index (χ3v) is 6.26. The van der Waals surface area contributed by atoms with Crippen molar-refractivity contribution in [1.82, 2.24) is 30.1 Å². The smallest absolute Gasteiger partial charge is 0.270 e. The number of carbonyl (C=O) groups excluding carboxylic acids is 2. The average Bonchev–Trinajstić information content (AvgIpc) is 2.83. The molecule has 4 rings (SSSR count). The van der Waals surface area contributed by atoms with Gasteiger partial charge in [0.15, 0.2) is 0 Å². The van der Waals surface area contributed by atoms with Crippen LogP contribution in [0.3, 0.4) is 0 Å². The van der Waals surface area contributed by atoms with E-state index in [4.69, 9.17) is 0 Å². The number of aliphatic hydroxyl groups excluding tert-OH is 1. The van der Waals surface area contributed by atoms with E-state index in [-0.39, 0.29) is 30.1 Å². The van der Waals surface area contributed by atoms with Gasteiger partial charge in [0.25, 0.3) is 5.91 Å². The Hall–Kier alpha value is -3.11. The summed E-state index contributed by atoms with van der Waals surface area (Å²) < 4.78 is 0. The summed E-state index contributed by atoms with van der Waals surface area (Å²) in [7, 11) is 0. The van der Waals surface area contributed by atoms with Gasteiger partial charge in [-0.1, -0.05) is 0 Å². The second-order valence-corrected chi connectivity index (χ2v) is 8.71. The van der Waals surface area contributed by atoms with E-state index < -0.39 is 6.10 Å². The summed E-state index contributed by atoms with van der Waals surface area (Å²) in [4.78, 5) is 40.5. The Labute approximate surface area is 193 Å². The zero-order valence-electron chi connectivity index (χ0n) is 18.9. The van der Waals surface area contributed by atoms with Crippen molar-refractivity contribution in [2.45, 2.75) is 44.9 Å². The molecule has 2 aromatic rings. The standard InChI is InChI=1S/C23H31N7O3/c1-16(31)30-8-4-19(5-9-30)28-22-10-21(26-15-27-22)23(33)25-12-20(32)14-29-7-3-17-2-6-24-11-18(17)13-29/h2,6,10-11,15,19-20,32H,3-5,7-9,12-14H2,1H3,(H,25,33)(H,26,27,28)/t20-/m0/s1. The Morgan fingerprint density at radius 1 is 1.21 bits per heavy atom. The zero-order chi connectivity index (χ0) is 23.2. The number of β-amino-alcohol motifs (C(OH)–C–C–N with tert-alkyl or cyclic N) is 1. The first-order valence-corrected chi connectivity index (χ1v) is 11.4. The third-order valence-electron chi connectivity index (χ3n) is 6.26. The average molecular weight is 454 g/mol. The lowest BCUT2D eigenvalue weighted by Gasteiger charge is -2.31. The molecule has 0 spiro atoms. The van der Waals surface area contributed by atoms with Crippen molar-refractivity contribution in [3.63, 3.8) is 0 Å². The molecule has 2 aliphatic rings. The van der Waals surface area contributed by atoms with E-state index in [0.717, 1.165) is 32.4 Å². The summed E-state index contributed by atoms with van der Waals surface area (Å²) >= 11 is 0. The molecule has 2 aromatic heterocycles. The summed E-state index contributed by atoms with van der Waals surface area (Å²) in [6.07, 6.45) is 6.95. The number of aliphatic hydroxyl groups is 1. The number of pyridine rings is 1. The number of nitrogens with one attached hydrogen (secondary N) is 2. The molecule has 176 valence electrons. The second-order valence-electron chi connectivity index (χ2n) is 8.71. The van der Waals surface area contributed by atoms with Gasteiger partial charge in [0.05, 0.1) is 6.10 Å². The lowest BCUT2D eigenvalue weighted by atomic mass is 10.0. The van der Waals surface area contributed by atoms with E-state index >= 15 is 0 Å². The first-order chi connectivity index (χ1) is 16.0. The zero-order valence-corrected chi connectivity index (χ0v) is 18.9. The van der Waals surface area contributed by atoms with Gasteiger partial charge in [-0.2, -0.15) is 0 Å². The lowest BCUT2D eigenvalue weighted by Crippen LogP contribution is -2.42. The minimum absolute atomic E-state index is 0.0961. The molecule has 0 unspecified atom stereocenters. The van der Waals surface area contributed by atoms with E-state index in [1.54, 1.807) is 13.0 Å². The first-order valence-electron chi connectivity index (χ1n) is 11.4. The van der Waals surface area contributed by atoms with Gasteiger partial charge in [0.1, 0.15) is 17.8 Å². The SMILES string of the molecule is CC(=O)N1CCC(Nc2cc(C(=O)NC[C@H](O)CN3CCc4ccncc4C3)ncn2)CC1. The largest absolute Gasteiger partial charge is 0.390 e. The van der Waals surface area contributed by atoms with Crippen LogP contribution in [0.2, 0.25) is 0 Å². The number of fused-ring (bicyclic) bond motifs is 1. The Bertz CT molecular complexity index is 978. The highest BCUT2D eigenvalue weighted by atomic mass is 16.3. The van der Waals surface area contributed by atoms with E-state index in [0.29, 0.717) is 25.5 Å². The van der Waals surface area contributed by atoms with Crippen molar-refractivity contribution in [2.24, 2.45) is 0 Å². The van der Waals surface area contributed by atoms with Crippen LogP contribution < -0.4 is 10.6 Å². The molecule has 0 aliphatic carbocycles. The van der Waals surface area contributed by atoms with Crippen molar-refractivity contribution < 1.29 is 14.7 Å². The highest BCUT2D eigenvalue weighted by Crippen LogP contribution is 2.18. The molecule has 0 saturated carbocycles. The van der Waals surface area contributed by atoms with Gasteiger partial charge in [0, 0.05) is 70.7 Å². The Kier molecular flexibility index (Phi) is 7.46. The van der Waals surface area contributed by atoms with Gasteiger partial charge < -0.3 is 20.6 Å². The molecule has 1 fully saturated rings. The van der Waals surface area contributed by atoms with Crippen LogP contribution in [0.5, 0.6) is 0 Å². The fourth-order valence-corrected chi connectivity index (χ4v) is 4.37. The molecule has 33 heavy (non-hydrogen) atoms. The molecular formula is C23H31N7O3. The minimum Gasteiger partial charge on any atom is -0.390 e. The van der Waals surface area contributed by atoms with E-state index in [1.807, 2.05) is 23.4 Å². The van der Waals surface area contributed by atoms with E-state index in [9.17, 15) is 14.7 Å². The number of carbonyl (C=O) groups is 2. The number of anilines is 1. The first kappa shape index (κ1) is 23.1. The predicted molar refractivity (Wildman–Crippen MR) is 122 cm³/mol. The lowest BCUT2D eigenvalue weighted by molar-refractivity contribution is -0.129. The van der Waals surface area contributed by atoms with Crippen LogP contribution in [-0.4, -0.2) is 86.5 Å². The number of piperidine rings is 1. The summed E-state index contributed by atoms with van der Waals surface area (Å²) in [6, 6.07) is 3.86. The third kappa shape index (κ3) is 6.23. The maximum absolute atomic E-state index is 12.6. The van der Waals surface area contributed by atoms with Crippen LogP contribution in [-0.2, 0) is 17.8 Å². The molecule has 0 bridgehead atoms. The number of likely N-dealkylation sites (tertiary alicyclic amines) is 1. The molecule has 4 heterocycles. The van der Waals surface area contributed by atoms with Crippen LogP contribution in [0.4, 0.5) is 5.82 Å². The van der Waals surface area contributed by atoms with Gasteiger partial charge in [-0.25, -0.2) is 9.97 Å². The van der Waals surface area contributed by atoms with Crippen LogP contribution in [0.15, 0.2) is 30.9 Å². The Morgan fingerprint density at radius 3 is 2.82 bits per heavy atom. The molecule has 3 N–H and O–H groups in total. The fraction of sp³-hybridized carbons (Fsp3) is 0.522. The summed E-state index contributed by atoms with van der Waals surface area (Å²) in [6.45, 7) is 5.25. The summed E-state index contributed by atoms with van der Waals surface area (Å²) in [5.74, 6) is 0.329. The number of rotatable bonds is 7. The molecule has 0 radical (unpaired) electrons. The quantitative estimate of drug-likeness (QED) is 0.552. The number of nitrogens with zero attached hydrogens (tertiary/aromatic N) is 5. The minimum atomic E-state index is -0.682. The predicted octanol–water partition coefficient (Wildman–Crippen LogP) is 0.443. The summed E-state index contributed by atoms with van der Waals surface area (Å²) in [5.41, 5.74) is 2.74. The van der Waals surface area contributed by atoms with Crippen LogP contribution >= 0.6 is 0 Å². The Morgan fingerprint density at radius 2 is 2.03 bits per heavy atom. The van der Waals surface area contributed by atoms with E-state index in [1.165, 1.54) is 17.5 Å². The monoisotopic (exact) mass is 453 g/mol. The molecule has 1 saturated heterocycles. The molecule has 10 nitrogen and oxygen atoms in total. The molecule has 2 aliphatic heterocycles. The van der Waals surface area contributed by atoms with E-state index in [2.05, 4.69) is 30.5 Å².